The van der Waals surface area contributed by atoms with Crippen molar-refractivity contribution in [2.45, 2.75) is 181 Å². The van der Waals surface area contributed by atoms with E-state index in [-0.39, 0.29) is 31.6 Å². The molecule has 346 valence electrons. The Hall–Kier alpha value is -4.22. The molecule has 62 heavy (non-hydrogen) atoms. The van der Waals surface area contributed by atoms with E-state index in [0.29, 0.717) is 25.9 Å². The van der Waals surface area contributed by atoms with Gasteiger partial charge in [-0.2, -0.15) is 0 Å². The minimum Gasteiger partial charge on any atom is -0.462 e. The van der Waals surface area contributed by atoms with E-state index in [2.05, 4.69) is 161 Å². The van der Waals surface area contributed by atoms with E-state index in [1.165, 1.54) is 25.7 Å². The normalized spacial score (nSPS) is 13.5. The van der Waals surface area contributed by atoms with Crippen molar-refractivity contribution in [3.05, 3.63) is 146 Å². The summed E-state index contributed by atoms with van der Waals surface area (Å²) in [5.74, 6) is -0.581. The molecule has 0 amide bonds. The Morgan fingerprint density at radius 1 is 0.355 bits per heavy atom. The zero-order chi connectivity index (χ0) is 44.9. The minimum atomic E-state index is -0.615. The van der Waals surface area contributed by atoms with Gasteiger partial charge in [0.2, 0.25) is 0 Å². The molecule has 0 fully saturated rings. The lowest BCUT2D eigenvalue weighted by Crippen LogP contribution is -2.30. The highest BCUT2D eigenvalue weighted by molar-refractivity contribution is 5.70. The van der Waals surface area contributed by atoms with Crippen LogP contribution in [0.3, 0.4) is 0 Å². The van der Waals surface area contributed by atoms with Gasteiger partial charge in [0.1, 0.15) is 6.61 Å². The molecule has 0 spiro atoms. The summed E-state index contributed by atoms with van der Waals surface area (Å²) in [6.45, 7) is 7.28. The van der Waals surface area contributed by atoms with Crippen LogP contribution in [0.25, 0.3) is 0 Å². The number of hydrogen-bond acceptors (Lipinski definition) is 5. The van der Waals surface area contributed by atoms with Gasteiger partial charge in [0.15, 0.2) is 6.10 Å². The second-order valence-corrected chi connectivity index (χ2v) is 15.2. The Balaban J connectivity index is 4.50. The fourth-order valence-corrected chi connectivity index (χ4v) is 5.87. The highest BCUT2D eigenvalue weighted by Crippen LogP contribution is 2.10. The monoisotopic (exact) mass is 853 g/mol. The summed E-state index contributed by atoms with van der Waals surface area (Å²) in [4.78, 5) is 25.3. The van der Waals surface area contributed by atoms with Crippen LogP contribution in [0.1, 0.15) is 175 Å². The van der Waals surface area contributed by atoms with Crippen LogP contribution in [-0.4, -0.2) is 37.9 Å². The molecule has 0 saturated carbocycles. The standard InChI is InChI=1S/C57H88O5/c1-4-7-10-13-16-19-22-25-27-29-30-33-35-38-41-44-47-50-56(58)61-54-55(62-57(59)51-48-45-42-39-36-32-24-21-18-15-12-9-6-3)53-60-52-49-46-43-40-37-34-31-28-26-23-20-17-14-11-8-5-2/h7-12,16-21,25-28,30,32-33,36,38,41-42,45,55H,4-6,13-15,22-24,29,31,34-35,37,39-40,43-44,46-54H2,1-3H3/b10-7-,11-8-,12-9-,19-16-,20-17-,21-18-,27-25-,28-26-,33-30-,36-32-,41-38-,45-42-. The zero-order valence-corrected chi connectivity index (χ0v) is 39.6. The second kappa shape index (κ2) is 51.1. The number of ether oxygens (including phenoxy) is 3. The van der Waals surface area contributed by atoms with Crippen molar-refractivity contribution < 1.29 is 23.8 Å². The minimum absolute atomic E-state index is 0.0112. The largest absolute Gasteiger partial charge is 0.462 e. The zero-order valence-electron chi connectivity index (χ0n) is 39.6. The maximum atomic E-state index is 12.7. The van der Waals surface area contributed by atoms with Crippen molar-refractivity contribution >= 4 is 11.9 Å². The molecule has 0 aromatic carbocycles. The van der Waals surface area contributed by atoms with E-state index in [1.54, 1.807) is 0 Å². The van der Waals surface area contributed by atoms with Crippen LogP contribution in [0.5, 0.6) is 0 Å². The molecular weight excluding hydrogens is 765 g/mol. The van der Waals surface area contributed by atoms with E-state index >= 15 is 0 Å². The van der Waals surface area contributed by atoms with Gasteiger partial charge >= 0.3 is 11.9 Å². The van der Waals surface area contributed by atoms with E-state index in [9.17, 15) is 9.59 Å². The number of esters is 2. The van der Waals surface area contributed by atoms with Gasteiger partial charge in [-0.05, 0) is 116 Å². The molecule has 1 unspecified atom stereocenters. The van der Waals surface area contributed by atoms with Crippen LogP contribution in [0.15, 0.2) is 146 Å². The van der Waals surface area contributed by atoms with Crippen LogP contribution < -0.4 is 0 Å². The SMILES string of the molecule is CC/C=C\C/C=C\C/C=C\C/C=C\C/C=C\CCCC(=O)OCC(COCCCCCCCC/C=C\C/C=C\C/C=C\CC)OC(=O)CC/C=C\C/C=C\C/C=C\C/C=C\CC. The van der Waals surface area contributed by atoms with Crippen molar-refractivity contribution in [2.24, 2.45) is 0 Å². The first kappa shape index (κ1) is 57.8. The van der Waals surface area contributed by atoms with Crippen LogP contribution in [0.2, 0.25) is 0 Å². The van der Waals surface area contributed by atoms with Crippen LogP contribution in [0, 0.1) is 0 Å². The van der Waals surface area contributed by atoms with Crippen molar-refractivity contribution in [2.75, 3.05) is 19.8 Å². The Bertz CT molecular complexity index is 1380. The Labute approximate surface area is 381 Å². The van der Waals surface area contributed by atoms with Gasteiger partial charge in [-0.25, -0.2) is 0 Å². The van der Waals surface area contributed by atoms with E-state index < -0.39 is 6.10 Å². The lowest BCUT2D eigenvalue weighted by Gasteiger charge is -2.18. The lowest BCUT2D eigenvalue weighted by atomic mass is 10.1. The van der Waals surface area contributed by atoms with Crippen molar-refractivity contribution in [1.29, 1.82) is 0 Å². The second-order valence-electron chi connectivity index (χ2n) is 15.2. The van der Waals surface area contributed by atoms with Gasteiger partial charge < -0.3 is 14.2 Å². The van der Waals surface area contributed by atoms with Gasteiger partial charge in [-0.3, -0.25) is 9.59 Å². The van der Waals surface area contributed by atoms with E-state index in [4.69, 9.17) is 14.2 Å². The summed E-state index contributed by atoms with van der Waals surface area (Å²) in [5.41, 5.74) is 0. The third-order valence-corrected chi connectivity index (χ3v) is 9.36. The molecule has 0 aliphatic heterocycles. The maximum Gasteiger partial charge on any atom is 0.306 e. The number of carbonyl (C=O) groups excluding carboxylic acids is 2. The molecule has 0 aromatic heterocycles. The highest BCUT2D eigenvalue weighted by atomic mass is 16.6. The molecule has 5 heteroatoms. The number of unbranched alkanes of at least 4 members (excludes halogenated alkanes) is 7. The fraction of sp³-hybridized carbons (Fsp3) is 0.544. The van der Waals surface area contributed by atoms with Gasteiger partial charge in [0, 0.05) is 19.4 Å². The number of allylic oxidation sites excluding steroid dienone is 24. The Morgan fingerprint density at radius 3 is 1.15 bits per heavy atom. The van der Waals surface area contributed by atoms with E-state index in [1.807, 2.05) is 6.08 Å². The topological polar surface area (TPSA) is 61.8 Å². The highest BCUT2D eigenvalue weighted by Gasteiger charge is 2.17. The average molecular weight is 853 g/mol. The predicted molar refractivity (Wildman–Crippen MR) is 269 cm³/mol. The first-order chi connectivity index (χ1) is 30.6. The third kappa shape index (κ3) is 48.4. The lowest BCUT2D eigenvalue weighted by molar-refractivity contribution is -0.162. The molecule has 0 aromatic rings. The molecular formula is C57H88O5. The summed E-state index contributed by atoms with van der Waals surface area (Å²) < 4.78 is 17.2. The Kier molecular flexibility index (Phi) is 47.7. The molecule has 0 saturated heterocycles. The van der Waals surface area contributed by atoms with Crippen molar-refractivity contribution in [3.63, 3.8) is 0 Å². The number of hydrogen-bond donors (Lipinski definition) is 0. The molecule has 5 nitrogen and oxygen atoms in total. The first-order valence-electron chi connectivity index (χ1n) is 24.4. The summed E-state index contributed by atoms with van der Waals surface area (Å²) in [7, 11) is 0. The smallest absolute Gasteiger partial charge is 0.306 e. The summed E-state index contributed by atoms with van der Waals surface area (Å²) in [6.07, 6.45) is 74.4. The van der Waals surface area contributed by atoms with Crippen LogP contribution in [0.4, 0.5) is 0 Å². The number of carbonyl (C=O) groups is 2. The van der Waals surface area contributed by atoms with E-state index in [0.717, 1.165) is 103 Å². The first-order valence-corrected chi connectivity index (χ1v) is 24.4. The molecule has 0 N–H and O–H groups in total. The molecule has 1 atom stereocenters. The van der Waals surface area contributed by atoms with Crippen LogP contribution in [-0.2, 0) is 23.8 Å². The molecule has 0 rings (SSSR count). The average Bonchev–Trinajstić information content (AvgIpc) is 3.27. The molecule has 0 radical (unpaired) electrons. The Morgan fingerprint density at radius 2 is 0.710 bits per heavy atom. The predicted octanol–water partition coefficient (Wildman–Crippen LogP) is 16.6. The van der Waals surface area contributed by atoms with Gasteiger partial charge in [0.25, 0.3) is 0 Å². The molecule has 0 aliphatic rings. The van der Waals surface area contributed by atoms with Gasteiger partial charge in [-0.1, -0.05) is 192 Å². The molecule has 0 heterocycles. The van der Waals surface area contributed by atoms with Crippen molar-refractivity contribution in [3.8, 4) is 0 Å². The summed E-state index contributed by atoms with van der Waals surface area (Å²) in [5, 5.41) is 0. The quantitative estimate of drug-likeness (QED) is 0.0348. The molecule has 0 bridgehead atoms. The van der Waals surface area contributed by atoms with Gasteiger partial charge in [0.05, 0.1) is 6.61 Å². The fourth-order valence-electron chi connectivity index (χ4n) is 5.87. The summed E-state index contributed by atoms with van der Waals surface area (Å²) in [6, 6.07) is 0. The van der Waals surface area contributed by atoms with Gasteiger partial charge in [-0.15, -0.1) is 0 Å². The van der Waals surface area contributed by atoms with Crippen molar-refractivity contribution in [1.82, 2.24) is 0 Å². The molecule has 0 aliphatic carbocycles. The number of rotatable bonds is 42. The maximum absolute atomic E-state index is 12.7. The third-order valence-electron chi connectivity index (χ3n) is 9.36. The van der Waals surface area contributed by atoms with Crippen LogP contribution >= 0.6 is 0 Å². The summed E-state index contributed by atoms with van der Waals surface area (Å²) >= 11 is 0.